The van der Waals surface area contributed by atoms with Crippen molar-refractivity contribution in [3.63, 3.8) is 0 Å². The second-order valence-electron chi connectivity index (χ2n) is 6.61. The summed E-state index contributed by atoms with van der Waals surface area (Å²) in [7, 11) is -1.96. The molecule has 0 spiro atoms. The maximum atomic E-state index is 9.96. The average molecular weight is 302 g/mol. The van der Waals surface area contributed by atoms with Gasteiger partial charge < -0.3 is 19.4 Å². The summed E-state index contributed by atoms with van der Waals surface area (Å²) < 4.78 is 11.8. The zero-order valence-corrected chi connectivity index (χ0v) is 14.5. The summed E-state index contributed by atoms with van der Waals surface area (Å²) in [5.74, 6) is 0. The van der Waals surface area contributed by atoms with Crippen molar-refractivity contribution in [2.24, 2.45) is 0 Å². The molecule has 2 N–H and O–H groups in total. The first-order chi connectivity index (χ1) is 9.23. The third-order valence-electron chi connectivity index (χ3n) is 4.46. The van der Waals surface area contributed by atoms with E-state index in [1.165, 1.54) is 12.3 Å². The second kappa shape index (κ2) is 7.07. The Balaban J connectivity index is 2.79. The first-order valence-corrected chi connectivity index (χ1v) is 9.69. The van der Waals surface area contributed by atoms with Gasteiger partial charge in [-0.2, -0.15) is 0 Å². The van der Waals surface area contributed by atoms with Crippen molar-refractivity contribution in [3.8, 4) is 0 Å². The molecule has 20 heavy (non-hydrogen) atoms. The molecule has 0 fully saturated rings. The molecule has 118 valence electrons. The molecule has 1 rings (SSSR count). The Hall–Kier alpha value is -0.363. The lowest BCUT2D eigenvalue weighted by Gasteiger charge is -2.43. The van der Waals surface area contributed by atoms with E-state index in [2.05, 4.69) is 41.5 Å². The maximum absolute atomic E-state index is 9.96. The van der Waals surface area contributed by atoms with Crippen LogP contribution in [0.25, 0.3) is 0 Å². The van der Waals surface area contributed by atoms with Crippen molar-refractivity contribution in [2.45, 2.75) is 76.5 Å². The molecule has 0 aromatic rings. The Morgan fingerprint density at radius 3 is 2.00 bits per heavy atom. The Morgan fingerprint density at radius 2 is 1.55 bits per heavy atom. The van der Waals surface area contributed by atoms with Gasteiger partial charge in [-0.05, 0) is 22.7 Å². The molecule has 3 unspecified atom stereocenters. The zero-order valence-electron chi connectivity index (χ0n) is 13.5. The van der Waals surface area contributed by atoms with Crippen LogP contribution in [0, 0.1) is 0 Å². The fraction of sp³-hybridized carbons (Fsp3) is 0.867. The molecule has 0 bridgehead atoms. The van der Waals surface area contributed by atoms with Gasteiger partial charge in [0.25, 0.3) is 0 Å². The van der Waals surface area contributed by atoms with Gasteiger partial charge >= 0.3 is 0 Å². The third-order valence-corrected chi connectivity index (χ3v) is 10.5. The molecular formula is C15H30O4Si. The summed E-state index contributed by atoms with van der Waals surface area (Å²) >= 11 is 0. The van der Waals surface area contributed by atoms with Crippen LogP contribution in [0.4, 0.5) is 0 Å². The first-order valence-electron chi connectivity index (χ1n) is 7.55. The lowest BCUT2D eigenvalue weighted by Crippen LogP contribution is -2.51. The number of rotatable bonds is 6. The van der Waals surface area contributed by atoms with Crippen LogP contribution in [0.3, 0.4) is 0 Å². The molecule has 0 aliphatic carbocycles. The Kier molecular flexibility index (Phi) is 6.25. The molecule has 3 atom stereocenters. The van der Waals surface area contributed by atoms with E-state index in [0.29, 0.717) is 23.2 Å². The molecule has 0 radical (unpaired) electrons. The number of aliphatic hydroxyl groups is 2. The van der Waals surface area contributed by atoms with E-state index in [-0.39, 0.29) is 0 Å². The van der Waals surface area contributed by atoms with Crippen molar-refractivity contribution >= 4 is 8.32 Å². The summed E-state index contributed by atoms with van der Waals surface area (Å²) in [5, 5.41) is 19.6. The van der Waals surface area contributed by atoms with E-state index >= 15 is 0 Å². The number of ether oxygens (including phenoxy) is 1. The van der Waals surface area contributed by atoms with E-state index < -0.39 is 26.6 Å². The van der Waals surface area contributed by atoms with Crippen molar-refractivity contribution in [2.75, 3.05) is 6.61 Å². The van der Waals surface area contributed by atoms with E-state index in [1.807, 2.05) is 0 Å². The molecule has 0 saturated heterocycles. The zero-order chi connectivity index (χ0) is 15.5. The molecule has 0 aromatic heterocycles. The molecule has 1 heterocycles. The van der Waals surface area contributed by atoms with Crippen LogP contribution in [0.1, 0.15) is 41.5 Å². The molecule has 1 aliphatic heterocycles. The average Bonchev–Trinajstić information content (AvgIpc) is 2.33. The van der Waals surface area contributed by atoms with Crippen LogP contribution in [0.15, 0.2) is 12.3 Å². The third kappa shape index (κ3) is 3.45. The molecule has 0 aromatic carbocycles. The standard InChI is InChI=1S/C15H30O4Si/c1-10(2)20(11(3)4,12(5)6)19-9-14-15(17)13(16)7-8-18-14/h7-8,10-17H,9H2,1-6H3. The number of hydrogen-bond acceptors (Lipinski definition) is 4. The van der Waals surface area contributed by atoms with Gasteiger partial charge in [0.15, 0.2) is 0 Å². The number of aliphatic hydroxyl groups excluding tert-OH is 2. The predicted octanol–water partition coefficient (Wildman–Crippen LogP) is 2.81. The lowest BCUT2D eigenvalue weighted by atomic mass is 10.1. The van der Waals surface area contributed by atoms with Crippen molar-refractivity contribution in [3.05, 3.63) is 12.3 Å². The first kappa shape index (κ1) is 17.7. The van der Waals surface area contributed by atoms with E-state index in [4.69, 9.17) is 9.16 Å². The molecule has 0 saturated carbocycles. The van der Waals surface area contributed by atoms with Crippen molar-refractivity contribution < 1.29 is 19.4 Å². The topological polar surface area (TPSA) is 58.9 Å². The van der Waals surface area contributed by atoms with Gasteiger partial charge in [0.1, 0.15) is 18.3 Å². The minimum absolute atomic E-state index is 0.337. The predicted molar refractivity (Wildman–Crippen MR) is 83.0 cm³/mol. The highest BCUT2D eigenvalue weighted by molar-refractivity contribution is 6.77. The van der Waals surface area contributed by atoms with Gasteiger partial charge in [-0.1, -0.05) is 41.5 Å². The van der Waals surface area contributed by atoms with E-state index in [1.54, 1.807) is 0 Å². The Morgan fingerprint density at radius 1 is 1.05 bits per heavy atom. The molecular weight excluding hydrogens is 272 g/mol. The summed E-state index contributed by atoms with van der Waals surface area (Å²) in [4.78, 5) is 0. The lowest BCUT2D eigenvalue weighted by molar-refractivity contribution is -0.0792. The van der Waals surface area contributed by atoms with Crippen LogP contribution < -0.4 is 0 Å². The largest absolute Gasteiger partial charge is 0.493 e. The van der Waals surface area contributed by atoms with Gasteiger partial charge in [-0.3, -0.25) is 0 Å². The smallest absolute Gasteiger partial charge is 0.200 e. The van der Waals surface area contributed by atoms with Crippen LogP contribution in [-0.4, -0.2) is 43.4 Å². The van der Waals surface area contributed by atoms with Gasteiger partial charge in [0.2, 0.25) is 8.32 Å². The van der Waals surface area contributed by atoms with Crippen molar-refractivity contribution in [1.82, 2.24) is 0 Å². The summed E-state index contributed by atoms with van der Waals surface area (Å²) in [6.07, 6.45) is 0.635. The summed E-state index contributed by atoms with van der Waals surface area (Å²) in [5.41, 5.74) is 1.47. The highest BCUT2D eigenvalue weighted by Gasteiger charge is 2.46. The minimum atomic E-state index is -1.96. The summed E-state index contributed by atoms with van der Waals surface area (Å²) in [6, 6.07) is 0. The highest BCUT2D eigenvalue weighted by atomic mass is 28.4. The highest BCUT2D eigenvalue weighted by Crippen LogP contribution is 2.42. The fourth-order valence-electron chi connectivity index (χ4n) is 3.51. The normalized spacial score (nSPS) is 27.4. The van der Waals surface area contributed by atoms with Crippen LogP contribution in [-0.2, 0) is 9.16 Å². The maximum Gasteiger partial charge on any atom is 0.200 e. The second-order valence-corrected chi connectivity index (χ2v) is 12.1. The summed E-state index contributed by atoms with van der Waals surface area (Å²) in [6.45, 7) is 13.7. The Bertz CT molecular complexity index is 306. The molecule has 4 nitrogen and oxygen atoms in total. The van der Waals surface area contributed by atoms with Crippen molar-refractivity contribution in [1.29, 1.82) is 0 Å². The van der Waals surface area contributed by atoms with Crippen LogP contribution in [0.2, 0.25) is 16.6 Å². The van der Waals surface area contributed by atoms with Gasteiger partial charge in [0.05, 0.1) is 12.9 Å². The Labute approximate surface area is 123 Å². The van der Waals surface area contributed by atoms with E-state index in [9.17, 15) is 10.2 Å². The van der Waals surface area contributed by atoms with Crippen LogP contribution in [0.5, 0.6) is 0 Å². The minimum Gasteiger partial charge on any atom is -0.493 e. The van der Waals surface area contributed by atoms with Crippen LogP contribution >= 0.6 is 0 Å². The molecule has 0 amide bonds. The van der Waals surface area contributed by atoms with Gasteiger partial charge in [-0.25, -0.2) is 0 Å². The molecule has 1 aliphatic rings. The quantitative estimate of drug-likeness (QED) is 0.741. The van der Waals surface area contributed by atoms with Gasteiger partial charge in [-0.15, -0.1) is 0 Å². The number of hydrogen-bond donors (Lipinski definition) is 2. The van der Waals surface area contributed by atoms with E-state index in [0.717, 1.165) is 0 Å². The monoisotopic (exact) mass is 302 g/mol. The molecule has 5 heteroatoms. The fourth-order valence-corrected chi connectivity index (χ4v) is 8.96. The SMILES string of the molecule is CC(C)[Si](OCC1OC=CC(O)C1O)(C(C)C)C(C)C. The van der Waals surface area contributed by atoms with Gasteiger partial charge in [0, 0.05) is 0 Å².